The first-order valence-corrected chi connectivity index (χ1v) is 8.35. The van der Waals surface area contributed by atoms with Crippen molar-refractivity contribution in [3.8, 4) is 0 Å². The highest BCUT2D eigenvalue weighted by Gasteiger charge is 2.32. The summed E-state index contributed by atoms with van der Waals surface area (Å²) in [7, 11) is -1.48. The molecule has 0 spiro atoms. The first-order valence-electron chi connectivity index (χ1n) is 6.53. The average molecular weight is 311 g/mol. The highest BCUT2D eigenvalue weighted by atomic mass is 32.2. The van der Waals surface area contributed by atoms with Crippen molar-refractivity contribution in [1.29, 1.82) is 0 Å². The summed E-state index contributed by atoms with van der Waals surface area (Å²) in [5.41, 5.74) is 0.372. The molecule has 1 saturated heterocycles. The van der Waals surface area contributed by atoms with E-state index in [-0.39, 0.29) is 35.9 Å². The molecular formula is C13H17N3O4S. The van der Waals surface area contributed by atoms with E-state index in [9.17, 15) is 18.0 Å². The highest BCUT2D eigenvalue weighted by Crippen LogP contribution is 2.16. The molecule has 1 N–H and O–H groups in total. The van der Waals surface area contributed by atoms with E-state index in [2.05, 4.69) is 10.3 Å². The molecule has 1 atom stereocenters. The van der Waals surface area contributed by atoms with Crippen molar-refractivity contribution in [1.82, 2.24) is 15.2 Å². The fourth-order valence-corrected chi connectivity index (χ4v) is 3.94. The van der Waals surface area contributed by atoms with Crippen molar-refractivity contribution in [3.63, 3.8) is 0 Å². The van der Waals surface area contributed by atoms with E-state index in [1.807, 2.05) is 0 Å². The topological polar surface area (TPSA) is 96.4 Å². The third-order valence-electron chi connectivity index (χ3n) is 3.47. The molecule has 1 aromatic rings. The Morgan fingerprint density at radius 3 is 2.81 bits per heavy atom. The van der Waals surface area contributed by atoms with Crippen LogP contribution in [0.5, 0.6) is 0 Å². The van der Waals surface area contributed by atoms with Crippen LogP contribution in [-0.4, -0.2) is 61.3 Å². The second-order valence-corrected chi connectivity index (χ2v) is 7.21. The number of carbonyl (C=O) groups is 2. The van der Waals surface area contributed by atoms with Gasteiger partial charge in [0.15, 0.2) is 9.84 Å². The summed E-state index contributed by atoms with van der Waals surface area (Å²) in [6.07, 6.45) is 3.41. The number of rotatable bonds is 4. The molecule has 0 saturated carbocycles. The second-order valence-electron chi connectivity index (χ2n) is 4.99. The van der Waals surface area contributed by atoms with E-state index < -0.39 is 9.84 Å². The molecule has 2 heterocycles. The number of amides is 2. The molecule has 7 nitrogen and oxygen atoms in total. The largest absolute Gasteiger partial charge is 0.343 e. The van der Waals surface area contributed by atoms with E-state index in [1.165, 1.54) is 11.1 Å². The van der Waals surface area contributed by atoms with Gasteiger partial charge in [-0.15, -0.1) is 0 Å². The molecule has 21 heavy (non-hydrogen) atoms. The lowest BCUT2D eigenvalue weighted by atomic mass is 10.2. The van der Waals surface area contributed by atoms with E-state index in [4.69, 9.17) is 0 Å². The molecule has 114 valence electrons. The van der Waals surface area contributed by atoms with Gasteiger partial charge in [0, 0.05) is 25.5 Å². The lowest BCUT2D eigenvalue weighted by Crippen LogP contribution is -2.43. The van der Waals surface area contributed by atoms with Gasteiger partial charge in [0.05, 0.1) is 23.6 Å². The molecule has 1 fully saturated rings. The van der Waals surface area contributed by atoms with Gasteiger partial charge in [-0.1, -0.05) is 0 Å². The highest BCUT2D eigenvalue weighted by molar-refractivity contribution is 7.91. The van der Waals surface area contributed by atoms with Crippen molar-refractivity contribution in [2.24, 2.45) is 0 Å². The minimum atomic E-state index is -3.04. The van der Waals surface area contributed by atoms with Crippen LogP contribution in [0.2, 0.25) is 0 Å². The summed E-state index contributed by atoms with van der Waals surface area (Å²) in [6.45, 7) is -0.166. The standard InChI is InChI=1S/C13H17N3O4S/c1-16(11-4-6-21(19,20)9-11)12(17)8-15-13(18)10-3-2-5-14-7-10/h2-3,5,7,11H,4,6,8-9H2,1H3,(H,15,18). The molecule has 2 amide bonds. The van der Waals surface area contributed by atoms with Gasteiger partial charge < -0.3 is 10.2 Å². The van der Waals surface area contributed by atoms with E-state index in [0.717, 1.165) is 0 Å². The second kappa shape index (κ2) is 6.21. The molecule has 1 unspecified atom stereocenters. The van der Waals surface area contributed by atoms with Crippen LogP contribution in [0.25, 0.3) is 0 Å². The van der Waals surface area contributed by atoms with Gasteiger partial charge in [-0.3, -0.25) is 14.6 Å². The number of aromatic nitrogens is 1. The molecule has 0 aromatic carbocycles. The lowest BCUT2D eigenvalue weighted by Gasteiger charge is -2.23. The fraction of sp³-hybridized carbons (Fsp3) is 0.462. The van der Waals surface area contributed by atoms with Crippen LogP contribution < -0.4 is 5.32 Å². The Morgan fingerprint density at radius 2 is 2.24 bits per heavy atom. The maximum atomic E-state index is 12.0. The normalized spacial score (nSPS) is 20.0. The monoisotopic (exact) mass is 311 g/mol. The summed E-state index contributed by atoms with van der Waals surface area (Å²) in [4.78, 5) is 29.0. The minimum absolute atomic E-state index is 0.00814. The summed E-state index contributed by atoms with van der Waals surface area (Å²) in [5.74, 6) is -0.596. The van der Waals surface area contributed by atoms with Gasteiger partial charge in [-0.05, 0) is 18.6 Å². The number of sulfone groups is 1. The molecule has 0 radical (unpaired) electrons. The van der Waals surface area contributed by atoms with Gasteiger partial charge in [0.25, 0.3) is 5.91 Å². The zero-order valence-electron chi connectivity index (χ0n) is 11.7. The van der Waals surface area contributed by atoms with Crippen molar-refractivity contribution < 1.29 is 18.0 Å². The van der Waals surface area contributed by atoms with E-state index >= 15 is 0 Å². The van der Waals surface area contributed by atoms with Crippen LogP contribution in [0.15, 0.2) is 24.5 Å². The SMILES string of the molecule is CN(C(=O)CNC(=O)c1cccnc1)C1CCS(=O)(=O)C1. The molecule has 1 aliphatic rings. The third kappa shape index (κ3) is 4.01. The zero-order chi connectivity index (χ0) is 15.5. The van der Waals surface area contributed by atoms with E-state index in [1.54, 1.807) is 25.4 Å². The molecule has 2 rings (SSSR count). The predicted molar refractivity (Wildman–Crippen MR) is 76.4 cm³/mol. The molecular weight excluding hydrogens is 294 g/mol. The third-order valence-corrected chi connectivity index (χ3v) is 5.22. The van der Waals surface area contributed by atoms with Gasteiger partial charge in [0.2, 0.25) is 5.91 Å². The van der Waals surface area contributed by atoms with Gasteiger partial charge in [-0.2, -0.15) is 0 Å². The summed E-state index contributed by atoms with van der Waals surface area (Å²) < 4.78 is 22.8. The van der Waals surface area contributed by atoms with Crippen molar-refractivity contribution >= 4 is 21.7 Å². The molecule has 0 bridgehead atoms. The summed E-state index contributed by atoms with van der Waals surface area (Å²) in [6, 6.07) is 2.92. The van der Waals surface area contributed by atoms with Crippen LogP contribution in [0.3, 0.4) is 0 Å². The Kier molecular flexibility index (Phi) is 4.56. The fourth-order valence-electron chi connectivity index (χ4n) is 2.16. The van der Waals surface area contributed by atoms with Crippen LogP contribution in [0.1, 0.15) is 16.8 Å². The average Bonchev–Trinajstić information content (AvgIpc) is 2.84. The van der Waals surface area contributed by atoms with E-state index in [0.29, 0.717) is 12.0 Å². The number of carbonyl (C=O) groups excluding carboxylic acids is 2. The predicted octanol–water partition coefficient (Wildman–Crippen LogP) is -0.543. The Hall–Kier alpha value is -1.96. The summed E-state index contributed by atoms with van der Waals surface area (Å²) >= 11 is 0. The maximum absolute atomic E-state index is 12.0. The van der Waals surface area contributed by atoms with Gasteiger partial charge in [0.1, 0.15) is 0 Å². The number of nitrogens with zero attached hydrogens (tertiary/aromatic N) is 2. The van der Waals surface area contributed by atoms with Crippen LogP contribution in [0.4, 0.5) is 0 Å². The van der Waals surface area contributed by atoms with Crippen molar-refractivity contribution in [3.05, 3.63) is 30.1 Å². The molecule has 8 heteroatoms. The van der Waals surface area contributed by atoms with Crippen LogP contribution in [0, 0.1) is 0 Å². The number of nitrogens with one attached hydrogen (secondary N) is 1. The van der Waals surface area contributed by atoms with Crippen molar-refractivity contribution in [2.75, 3.05) is 25.1 Å². The number of hydrogen-bond donors (Lipinski definition) is 1. The first kappa shape index (κ1) is 15.4. The number of likely N-dealkylation sites (N-methyl/N-ethyl adjacent to an activating group) is 1. The Labute approximate surface area is 123 Å². The molecule has 1 aliphatic heterocycles. The lowest BCUT2D eigenvalue weighted by molar-refractivity contribution is -0.130. The smallest absolute Gasteiger partial charge is 0.253 e. The first-order chi connectivity index (χ1) is 9.89. The minimum Gasteiger partial charge on any atom is -0.343 e. The van der Waals surface area contributed by atoms with Crippen LogP contribution in [-0.2, 0) is 14.6 Å². The Morgan fingerprint density at radius 1 is 1.48 bits per heavy atom. The molecule has 0 aliphatic carbocycles. The summed E-state index contributed by atoms with van der Waals surface area (Å²) in [5, 5.41) is 2.50. The maximum Gasteiger partial charge on any atom is 0.253 e. The van der Waals surface area contributed by atoms with Gasteiger partial charge in [-0.25, -0.2) is 8.42 Å². The molecule has 1 aromatic heterocycles. The Bertz CT molecular complexity index is 630. The van der Waals surface area contributed by atoms with Gasteiger partial charge >= 0.3 is 0 Å². The quantitative estimate of drug-likeness (QED) is 0.805. The number of pyridine rings is 1. The Balaban J connectivity index is 1.86. The number of hydrogen-bond acceptors (Lipinski definition) is 5. The van der Waals surface area contributed by atoms with Crippen LogP contribution >= 0.6 is 0 Å². The zero-order valence-corrected chi connectivity index (χ0v) is 12.5. The van der Waals surface area contributed by atoms with Crippen molar-refractivity contribution in [2.45, 2.75) is 12.5 Å².